The molecule has 0 spiro atoms. The second-order valence-electron chi connectivity index (χ2n) is 16.5. The fourth-order valence-electron chi connectivity index (χ4n) is 7.34. The number of hydrogen-bond donors (Lipinski definition) is 0. The third kappa shape index (κ3) is 13.9. The molecule has 0 atom stereocenters. The number of methoxy groups -OCH3 is 1. The number of carbonyl (C=O) groups excluding carboxylic acids is 2. The molecule has 6 heterocycles. The molecule has 0 fully saturated rings. The summed E-state index contributed by atoms with van der Waals surface area (Å²) in [5, 5.41) is 8.40. The number of nitrogens with zero attached hydrogens (tertiary/aromatic N) is 11. The van der Waals surface area contributed by atoms with Crippen LogP contribution in [0.2, 0.25) is 0 Å². The van der Waals surface area contributed by atoms with Crippen molar-refractivity contribution in [2.45, 2.75) is 55.4 Å². The molecule has 6 aromatic heterocycles. The summed E-state index contributed by atoms with van der Waals surface area (Å²) < 4.78 is 16.4. The van der Waals surface area contributed by atoms with E-state index in [9.17, 15) is 9.59 Å². The highest BCUT2D eigenvalue weighted by Crippen LogP contribution is 2.30. The molecule has 16 nitrogen and oxygen atoms in total. The zero-order chi connectivity index (χ0) is 48.7. The SMILES string of the molecule is C.C.CCCN(CCN(C)C)C(=O)c1cc(-c2cnc(C)c(-c3cc(-c4ccccc4)no3)n2)ccn1.CCCN(CCOC)C(=O)c1cc(-c2cnc(C)c(-c3cc(-c4ccccc4)no3)n2)ccn1. The second kappa shape index (κ2) is 26.2. The fourth-order valence-corrected chi connectivity index (χ4v) is 7.34. The zero-order valence-electron chi connectivity index (χ0n) is 40.2. The number of ether oxygens (including phenoxy) is 1. The molecule has 0 unspecified atom stereocenters. The summed E-state index contributed by atoms with van der Waals surface area (Å²) in [6.45, 7) is 11.6. The second-order valence-corrected chi connectivity index (χ2v) is 16.5. The standard InChI is InChI=1S/C27H30N6O2.C26H27N5O3.2CH4/c1-5-13-33(15-14-32(3)4)27(34)23-16-21(11-12-28-23)24-18-29-19(2)26(30-24)25-17-22(31-35-25)20-9-7-6-8-10-20;1-4-12-31(13-14-33-3)26(32)22-15-20(10-11-27-22)23-17-28-18(2)25(29-23)24-16-21(30-34-24)19-8-6-5-7-9-19;;/h6-12,16-18H,5,13-15H2,1-4H3;5-11,15-17H,4,12-14H2,1-3H3;2*1H4. The lowest BCUT2D eigenvalue weighted by Crippen LogP contribution is -2.37. The molecular formula is C55H65N11O5. The van der Waals surface area contributed by atoms with Crippen molar-refractivity contribution in [1.82, 2.24) is 54.9 Å². The first-order valence-electron chi connectivity index (χ1n) is 22.9. The van der Waals surface area contributed by atoms with Gasteiger partial charge in [-0.2, -0.15) is 0 Å². The van der Waals surface area contributed by atoms with Crippen LogP contribution in [0.25, 0.3) is 67.9 Å². The summed E-state index contributed by atoms with van der Waals surface area (Å²) in [5.41, 5.74) is 9.57. The van der Waals surface area contributed by atoms with Gasteiger partial charge < -0.3 is 28.5 Å². The van der Waals surface area contributed by atoms with E-state index in [1.54, 1.807) is 48.9 Å². The highest BCUT2D eigenvalue weighted by Gasteiger charge is 2.21. The van der Waals surface area contributed by atoms with Gasteiger partial charge in [0.2, 0.25) is 0 Å². The van der Waals surface area contributed by atoms with Gasteiger partial charge in [-0.15, -0.1) is 0 Å². The Morgan fingerprint density at radius 3 is 1.38 bits per heavy atom. The van der Waals surface area contributed by atoms with Crippen molar-refractivity contribution in [3.63, 3.8) is 0 Å². The van der Waals surface area contributed by atoms with Gasteiger partial charge in [0.25, 0.3) is 11.8 Å². The maximum Gasteiger partial charge on any atom is 0.272 e. The number of aromatic nitrogens is 8. The Bertz CT molecular complexity index is 2940. The lowest BCUT2D eigenvalue weighted by molar-refractivity contribution is 0.0689. The topological polar surface area (TPSA) is 182 Å². The van der Waals surface area contributed by atoms with Crippen LogP contribution in [0, 0.1) is 13.8 Å². The van der Waals surface area contributed by atoms with Gasteiger partial charge in [0.05, 0.1) is 41.8 Å². The molecule has 0 saturated heterocycles. The Morgan fingerprint density at radius 1 is 0.535 bits per heavy atom. The van der Waals surface area contributed by atoms with Crippen molar-refractivity contribution in [2.75, 3.05) is 60.5 Å². The smallest absolute Gasteiger partial charge is 0.272 e. The first-order chi connectivity index (χ1) is 33.6. The van der Waals surface area contributed by atoms with Crippen LogP contribution in [-0.2, 0) is 4.74 Å². The number of carbonyl (C=O) groups is 2. The minimum atomic E-state index is -0.135. The van der Waals surface area contributed by atoms with Crippen molar-refractivity contribution in [1.29, 1.82) is 0 Å². The van der Waals surface area contributed by atoms with Crippen LogP contribution in [-0.4, -0.2) is 127 Å². The fraction of sp³-hybridized carbons (Fsp3) is 0.309. The quantitative estimate of drug-likeness (QED) is 0.0792. The minimum Gasteiger partial charge on any atom is -0.383 e. The molecule has 0 saturated carbocycles. The lowest BCUT2D eigenvalue weighted by Gasteiger charge is -2.23. The van der Waals surface area contributed by atoms with Crippen LogP contribution in [0.1, 0.15) is 73.9 Å². The Balaban J connectivity index is 0.000000257. The average molecular weight is 960 g/mol. The van der Waals surface area contributed by atoms with E-state index in [1.165, 1.54) is 0 Å². The maximum atomic E-state index is 13.2. The Labute approximate surface area is 417 Å². The number of aryl methyl sites for hydroxylation is 2. The largest absolute Gasteiger partial charge is 0.383 e. The first kappa shape index (κ1) is 54.1. The molecule has 0 aliphatic carbocycles. The third-order valence-corrected chi connectivity index (χ3v) is 11.0. The van der Waals surface area contributed by atoms with Crippen molar-refractivity contribution < 1.29 is 23.4 Å². The van der Waals surface area contributed by atoms with E-state index in [-0.39, 0.29) is 26.7 Å². The Morgan fingerprint density at radius 2 is 0.972 bits per heavy atom. The molecule has 8 rings (SSSR count). The van der Waals surface area contributed by atoms with Crippen LogP contribution in [0.5, 0.6) is 0 Å². The van der Waals surface area contributed by atoms with Gasteiger partial charge in [0.15, 0.2) is 11.5 Å². The molecule has 71 heavy (non-hydrogen) atoms. The number of likely N-dealkylation sites (N-methyl/N-ethyl adjacent to an activating group) is 1. The Kier molecular flexibility index (Phi) is 20.0. The molecule has 0 radical (unpaired) electrons. The van der Waals surface area contributed by atoms with Crippen LogP contribution in [0.15, 0.2) is 131 Å². The molecule has 0 aliphatic heterocycles. The van der Waals surface area contributed by atoms with E-state index in [4.69, 9.17) is 23.8 Å². The van der Waals surface area contributed by atoms with Crippen LogP contribution >= 0.6 is 0 Å². The molecule has 8 aromatic rings. The summed E-state index contributed by atoms with van der Waals surface area (Å²) in [6.07, 6.45) is 8.38. The number of hydrogen-bond acceptors (Lipinski definition) is 14. The summed E-state index contributed by atoms with van der Waals surface area (Å²) in [6, 6.07) is 30.5. The zero-order valence-corrected chi connectivity index (χ0v) is 40.2. The molecule has 0 aliphatic rings. The van der Waals surface area contributed by atoms with E-state index in [2.05, 4.69) is 42.1 Å². The highest BCUT2D eigenvalue weighted by atomic mass is 16.5. The van der Waals surface area contributed by atoms with Gasteiger partial charge in [0, 0.05) is 86.6 Å². The molecule has 0 N–H and O–H groups in total. The summed E-state index contributed by atoms with van der Waals surface area (Å²) >= 11 is 0. The first-order valence-corrected chi connectivity index (χ1v) is 22.9. The van der Waals surface area contributed by atoms with E-state index in [1.807, 2.05) is 125 Å². The number of rotatable bonds is 18. The van der Waals surface area contributed by atoms with Gasteiger partial charge in [-0.3, -0.25) is 29.5 Å². The molecule has 2 amide bonds. The van der Waals surface area contributed by atoms with Crippen molar-refractivity contribution in [2.24, 2.45) is 0 Å². The monoisotopic (exact) mass is 960 g/mol. The minimum absolute atomic E-state index is 0. The van der Waals surface area contributed by atoms with E-state index in [0.29, 0.717) is 78.5 Å². The van der Waals surface area contributed by atoms with Crippen LogP contribution in [0.3, 0.4) is 0 Å². The third-order valence-electron chi connectivity index (χ3n) is 11.0. The number of pyridine rings is 2. The van der Waals surface area contributed by atoms with E-state index >= 15 is 0 Å². The summed E-state index contributed by atoms with van der Waals surface area (Å²) in [5.74, 6) is 0.853. The molecular weight excluding hydrogens is 895 g/mol. The molecule has 2 aromatic carbocycles. The summed E-state index contributed by atoms with van der Waals surface area (Å²) in [7, 11) is 5.62. The van der Waals surface area contributed by atoms with Crippen molar-refractivity contribution in [3.8, 4) is 67.9 Å². The average Bonchev–Trinajstić information content (AvgIpc) is 4.09. The van der Waals surface area contributed by atoms with Crippen molar-refractivity contribution >= 4 is 11.8 Å². The summed E-state index contributed by atoms with van der Waals surface area (Å²) in [4.78, 5) is 59.2. The number of benzene rings is 2. The van der Waals surface area contributed by atoms with E-state index in [0.717, 1.165) is 64.4 Å². The normalized spacial score (nSPS) is 10.7. The van der Waals surface area contributed by atoms with Gasteiger partial charge in [-0.05, 0) is 65.0 Å². The highest BCUT2D eigenvalue weighted by molar-refractivity contribution is 5.94. The molecule has 0 bridgehead atoms. The van der Waals surface area contributed by atoms with Gasteiger partial charge >= 0.3 is 0 Å². The predicted octanol–water partition coefficient (Wildman–Crippen LogP) is 10.5. The van der Waals surface area contributed by atoms with Crippen molar-refractivity contribution in [3.05, 3.63) is 145 Å². The maximum absolute atomic E-state index is 13.2. The molecule has 370 valence electrons. The molecule has 16 heteroatoms. The van der Waals surface area contributed by atoms with E-state index < -0.39 is 0 Å². The predicted molar refractivity (Wildman–Crippen MR) is 278 cm³/mol. The van der Waals surface area contributed by atoms with Gasteiger partial charge in [-0.1, -0.05) is 99.7 Å². The number of amides is 2. The van der Waals surface area contributed by atoms with Crippen LogP contribution in [0.4, 0.5) is 0 Å². The Hall–Kier alpha value is -7.82. The van der Waals surface area contributed by atoms with Crippen LogP contribution < -0.4 is 0 Å². The van der Waals surface area contributed by atoms with Gasteiger partial charge in [0.1, 0.15) is 34.2 Å². The lowest BCUT2D eigenvalue weighted by atomic mass is 10.1. The van der Waals surface area contributed by atoms with Gasteiger partial charge in [-0.25, -0.2) is 9.97 Å².